The fourth-order valence-electron chi connectivity index (χ4n) is 7.68. The Kier molecular flexibility index (Phi) is 11.4. The molecule has 2 nitrogen and oxygen atoms in total. The largest absolute Gasteiger partial charge is 0.416 e. The molecule has 0 spiro atoms. The monoisotopic (exact) mass is 904 g/mol. The van der Waals surface area contributed by atoms with Crippen LogP contribution in [0.1, 0.15) is 22.3 Å². The van der Waals surface area contributed by atoms with E-state index >= 15 is 17.6 Å². The second-order valence-corrected chi connectivity index (χ2v) is 15.1. The number of nitrogens with zero attached hydrogens (tertiary/aromatic N) is 2. The molecule has 0 atom stereocenters. The van der Waals surface area contributed by atoms with E-state index in [-0.39, 0.29) is 22.5 Å². The van der Waals surface area contributed by atoms with E-state index in [1.807, 2.05) is 0 Å². The number of para-hydroxylation sites is 1. The normalized spacial score (nSPS) is 11.9. The van der Waals surface area contributed by atoms with E-state index in [1.165, 1.54) is 62.4 Å². The molecule has 0 unspecified atom stereocenters. The lowest BCUT2D eigenvalue weighted by Gasteiger charge is -2.29. The summed E-state index contributed by atoms with van der Waals surface area (Å²) in [7, 11) is 0. The number of fused-ring (bicyclic) bond motifs is 1. The third kappa shape index (κ3) is 8.33. The second kappa shape index (κ2) is 16.7. The molecule has 0 saturated carbocycles. The highest BCUT2D eigenvalue weighted by Crippen LogP contribution is 2.46. The van der Waals surface area contributed by atoms with Crippen LogP contribution in [0.5, 0.6) is 0 Å². The summed E-state index contributed by atoms with van der Waals surface area (Å²) in [5.41, 5.74) is 0.228. The van der Waals surface area contributed by atoms with Gasteiger partial charge in [-0.3, -0.25) is 0 Å². The van der Waals surface area contributed by atoms with Crippen LogP contribution in [0.4, 0.5) is 91.2 Å². The second-order valence-electron chi connectivity index (χ2n) is 15.1. The summed E-state index contributed by atoms with van der Waals surface area (Å²) in [5.74, 6) is -15.7. The Hall–Kier alpha value is -7.29. The zero-order chi connectivity index (χ0) is 46.7. The fourth-order valence-corrected chi connectivity index (χ4v) is 7.68. The van der Waals surface area contributed by atoms with E-state index in [2.05, 4.69) is 0 Å². The number of hydrogen-bond acceptors (Lipinski definition) is 2. The minimum atomic E-state index is -4.61. The van der Waals surface area contributed by atoms with Gasteiger partial charge in [0.25, 0.3) is 0 Å². The molecule has 8 rings (SSSR count). The summed E-state index contributed by atoms with van der Waals surface area (Å²) in [6, 6.07) is 32.7. The van der Waals surface area contributed by atoms with Gasteiger partial charge in [0.2, 0.25) is 0 Å². The van der Waals surface area contributed by atoms with Gasteiger partial charge in [-0.1, -0.05) is 54.6 Å². The summed E-state index contributed by atoms with van der Waals surface area (Å²) >= 11 is 0. The average molecular weight is 905 g/mol. The summed E-state index contributed by atoms with van der Waals surface area (Å²) in [5, 5.41) is -3.45. The fraction of sp³-hybridized carbons (Fsp3) is 0.0800. The molecule has 15 heteroatoms. The van der Waals surface area contributed by atoms with Crippen LogP contribution in [-0.2, 0) is 12.4 Å². The molecule has 0 aliphatic rings. The van der Waals surface area contributed by atoms with Crippen LogP contribution < -0.4 is 9.80 Å². The molecule has 0 radical (unpaired) electrons. The van der Waals surface area contributed by atoms with Gasteiger partial charge in [-0.2, -0.15) is 26.3 Å². The third-order valence-corrected chi connectivity index (χ3v) is 10.6. The molecule has 0 amide bonds. The minimum absolute atomic E-state index is 0.0297. The van der Waals surface area contributed by atoms with Gasteiger partial charge in [0.15, 0.2) is 40.7 Å². The smallest absolute Gasteiger partial charge is 0.311 e. The van der Waals surface area contributed by atoms with Gasteiger partial charge in [0.1, 0.15) is 5.69 Å². The summed E-state index contributed by atoms with van der Waals surface area (Å²) in [4.78, 5) is 2.48. The van der Waals surface area contributed by atoms with Gasteiger partial charge in [-0.25, -0.2) is 30.7 Å². The van der Waals surface area contributed by atoms with E-state index in [0.29, 0.717) is 39.3 Å². The van der Waals surface area contributed by atoms with Crippen LogP contribution in [0.15, 0.2) is 140 Å². The van der Waals surface area contributed by atoms with E-state index in [1.54, 1.807) is 71.6 Å². The number of alkyl halides is 6. The molecule has 0 bridgehead atoms. The van der Waals surface area contributed by atoms with Crippen molar-refractivity contribution in [3.8, 4) is 22.3 Å². The Balaban J connectivity index is 1.26. The van der Waals surface area contributed by atoms with Gasteiger partial charge in [-0.15, -0.1) is 0 Å². The molecule has 330 valence electrons. The number of hydrogen-bond donors (Lipinski definition) is 0. The molecule has 0 saturated heterocycles. The minimum Gasteiger partial charge on any atom is -0.311 e. The summed E-state index contributed by atoms with van der Waals surface area (Å²) in [6.45, 7) is 3.06. The number of aryl methyl sites for hydroxylation is 2. The van der Waals surface area contributed by atoms with Crippen LogP contribution in [0.25, 0.3) is 33.0 Å². The number of benzene rings is 8. The van der Waals surface area contributed by atoms with Crippen molar-refractivity contribution in [2.24, 2.45) is 0 Å². The van der Waals surface area contributed by atoms with Gasteiger partial charge in [0.05, 0.1) is 21.9 Å². The van der Waals surface area contributed by atoms with Crippen molar-refractivity contribution in [1.29, 1.82) is 0 Å². The maximum Gasteiger partial charge on any atom is 0.416 e. The summed E-state index contributed by atoms with van der Waals surface area (Å²) in [6.07, 6.45) is -9.21. The SMILES string of the molecule is Cc1cc(-c2ccc(N(c3ccc(-c4cc(C)cc(C(F)(F)F)c4)cc3)c3ccc(N(c4ccccc4)c4c(F)c(F)c5c(F)c(F)c(F)c(F)c5c4F)cc3)cc2)cc(C(F)(F)F)c1. The van der Waals surface area contributed by atoms with Gasteiger partial charge < -0.3 is 9.80 Å². The van der Waals surface area contributed by atoms with E-state index in [4.69, 9.17) is 0 Å². The molecule has 0 aliphatic carbocycles. The van der Waals surface area contributed by atoms with E-state index in [9.17, 15) is 39.5 Å². The van der Waals surface area contributed by atoms with Crippen LogP contribution in [0.2, 0.25) is 0 Å². The van der Waals surface area contributed by atoms with Crippen molar-refractivity contribution in [1.82, 2.24) is 0 Å². The van der Waals surface area contributed by atoms with E-state index in [0.717, 1.165) is 29.2 Å². The highest BCUT2D eigenvalue weighted by Gasteiger charge is 2.35. The highest BCUT2D eigenvalue weighted by molar-refractivity contribution is 5.92. The molecular weight excluding hydrogens is 876 g/mol. The summed E-state index contributed by atoms with van der Waals surface area (Å²) < 4.78 is 189. The zero-order valence-corrected chi connectivity index (χ0v) is 33.6. The maximum absolute atomic E-state index is 16.4. The lowest BCUT2D eigenvalue weighted by molar-refractivity contribution is -0.138. The molecule has 0 heterocycles. The standard InChI is InChI=1S/C50H29F13N2/c1-26-20-30(24-32(22-26)49(58,59)60)28-8-12-35(13-9-28)64(36-14-10-29(11-15-36)31-21-27(2)23-33(25-31)50(61,62)63)37-16-18-38(19-17-37)65(34-6-4-3-5-7-34)48-44(54)40-39(43(53)47(48)57)41(51)45(55)46(56)42(40)52/h3-25H,1-2H3. The van der Waals surface area contributed by atoms with Crippen LogP contribution >= 0.6 is 0 Å². The molecule has 8 aromatic rings. The first kappa shape index (κ1) is 44.3. The lowest BCUT2D eigenvalue weighted by atomic mass is 9.99. The first-order valence-electron chi connectivity index (χ1n) is 19.4. The lowest BCUT2D eigenvalue weighted by Crippen LogP contribution is -2.17. The maximum atomic E-state index is 16.4. The molecule has 8 aromatic carbocycles. The molecule has 65 heavy (non-hydrogen) atoms. The van der Waals surface area contributed by atoms with Crippen molar-refractivity contribution >= 4 is 44.9 Å². The third-order valence-electron chi connectivity index (χ3n) is 10.6. The first-order chi connectivity index (χ1) is 30.7. The van der Waals surface area contributed by atoms with Crippen LogP contribution in [0.3, 0.4) is 0 Å². The molecule has 0 fully saturated rings. The van der Waals surface area contributed by atoms with Crippen LogP contribution in [-0.4, -0.2) is 0 Å². The van der Waals surface area contributed by atoms with Gasteiger partial charge in [-0.05, 0) is 132 Å². The van der Waals surface area contributed by atoms with Gasteiger partial charge in [0, 0.05) is 28.4 Å². The predicted octanol–water partition coefficient (Wildman–Crippen LogP) is 16.7. The van der Waals surface area contributed by atoms with Crippen molar-refractivity contribution in [3.05, 3.63) is 203 Å². The zero-order valence-electron chi connectivity index (χ0n) is 33.6. The Morgan fingerprint density at radius 1 is 0.323 bits per heavy atom. The molecule has 0 N–H and O–H groups in total. The molecular formula is C50H29F13N2. The Bertz CT molecular complexity index is 2980. The number of rotatable bonds is 8. The van der Waals surface area contributed by atoms with Crippen molar-refractivity contribution in [2.75, 3.05) is 9.80 Å². The van der Waals surface area contributed by atoms with Gasteiger partial charge >= 0.3 is 12.4 Å². The van der Waals surface area contributed by atoms with Crippen molar-refractivity contribution in [3.63, 3.8) is 0 Å². The Labute approximate surface area is 362 Å². The predicted molar refractivity (Wildman–Crippen MR) is 223 cm³/mol. The van der Waals surface area contributed by atoms with Crippen molar-refractivity contribution < 1.29 is 57.1 Å². The molecule has 0 aliphatic heterocycles. The first-order valence-corrected chi connectivity index (χ1v) is 19.4. The average Bonchev–Trinajstić information content (AvgIpc) is 3.27. The Morgan fingerprint density at radius 3 is 1.06 bits per heavy atom. The van der Waals surface area contributed by atoms with E-state index < -0.39 is 80.7 Å². The number of anilines is 6. The molecule has 0 aromatic heterocycles. The van der Waals surface area contributed by atoms with Crippen LogP contribution in [0, 0.1) is 54.6 Å². The quantitative estimate of drug-likeness (QED) is 0.0852. The number of halogens is 13. The highest BCUT2D eigenvalue weighted by atomic mass is 19.4. The van der Waals surface area contributed by atoms with Crippen molar-refractivity contribution in [2.45, 2.75) is 26.2 Å². The Morgan fingerprint density at radius 2 is 0.662 bits per heavy atom. The topological polar surface area (TPSA) is 6.48 Å².